The minimum absolute atomic E-state index is 0.364. The molecule has 0 fully saturated rings. The minimum Gasteiger partial charge on any atom is -0.478 e. The third-order valence-corrected chi connectivity index (χ3v) is 2.99. The molecular weight excluding hydrogens is 216 g/mol. The fourth-order valence-corrected chi connectivity index (χ4v) is 2.13. The molecule has 0 bridgehead atoms. The molecule has 1 aromatic heterocycles. The average Bonchev–Trinajstić information content (AvgIpc) is 2.55. The van der Waals surface area contributed by atoms with Crippen LogP contribution in [0.15, 0.2) is 12.1 Å². The molecule has 0 unspecified atom stereocenters. The normalized spacial score (nSPS) is 11.0. The Morgan fingerprint density at radius 3 is 2.76 bits per heavy atom. The van der Waals surface area contributed by atoms with Gasteiger partial charge in [0.1, 0.15) is 0 Å². The van der Waals surface area contributed by atoms with Crippen LogP contribution in [0.4, 0.5) is 0 Å². The van der Waals surface area contributed by atoms with E-state index in [4.69, 9.17) is 5.11 Å². The zero-order valence-electron chi connectivity index (χ0n) is 10.3. The summed E-state index contributed by atoms with van der Waals surface area (Å²) in [5.41, 5.74) is 3.11. The molecule has 0 aliphatic carbocycles. The van der Waals surface area contributed by atoms with E-state index in [0.29, 0.717) is 5.56 Å². The van der Waals surface area contributed by atoms with Gasteiger partial charge in [-0.3, -0.25) is 4.68 Å². The van der Waals surface area contributed by atoms with Gasteiger partial charge in [0.15, 0.2) is 0 Å². The van der Waals surface area contributed by atoms with Gasteiger partial charge in [-0.2, -0.15) is 5.10 Å². The van der Waals surface area contributed by atoms with Crippen LogP contribution in [0.3, 0.4) is 0 Å². The third-order valence-electron chi connectivity index (χ3n) is 2.99. The lowest BCUT2D eigenvalue weighted by Gasteiger charge is -2.02. The van der Waals surface area contributed by atoms with Gasteiger partial charge in [-0.15, -0.1) is 0 Å². The van der Waals surface area contributed by atoms with E-state index in [0.717, 1.165) is 35.0 Å². The molecule has 4 heteroatoms. The molecule has 0 aliphatic rings. The number of nitrogens with zero attached hydrogens (tertiary/aromatic N) is 2. The van der Waals surface area contributed by atoms with Gasteiger partial charge in [-0.1, -0.05) is 13.3 Å². The van der Waals surface area contributed by atoms with Crippen LogP contribution in [-0.2, 0) is 13.5 Å². The van der Waals surface area contributed by atoms with E-state index in [1.165, 1.54) is 0 Å². The van der Waals surface area contributed by atoms with Crippen LogP contribution in [0.5, 0.6) is 0 Å². The number of carboxylic acid groups (broad SMARTS) is 1. The van der Waals surface area contributed by atoms with Crippen molar-refractivity contribution in [2.45, 2.75) is 26.7 Å². The Morgan fingerprint density at radius 1 is 1.47 bits per heavy atom. The summed E-state index contributed by atoms with van der Waals surface area (Å²) in [4.78, 5) is 11.1. The molecule has 2 rings (SSSR count). The number of hydrogen-bond acceptors (Lipinski definition) is 2. The highest BCUT2D eigenvalue weighted by Gasteiger charge is 2.14. The Balaban J connectivity index is 2.72. The summed E-state index contributed by atoms with van der Waals surface area (Å²) in [5.74, 6) is -0.879. The van der Waals surface area contributed by atoms with Gasteiger partial charge < -0.3 is 5.11 Å². The molecule has 1 N–H and O–H groups in total. The number of fused-ring (bicyclic) bond motifs is 1. The zero-order chi connectivity index (χ0) is 12.6. The van der Waals surface area contributed by atoms with Crippen molar-refractivity contribution in [1.82, 2.24) is 9.78 Å². The summed E-state index contributed by atoms with van der Waals surface area (Å²) in [7, 11) is 1.89. The van der Waals surface area contributed by atoms with Gasteiger partial charge in [0.25, 0.3) is 0 Å². The molecule has 0 aliphatic heterocycles. The van der Waals surface area contributed by atoms with E-state index in [-0.39, 0.29) is 0 Å². The molecule has 0 saturated heterocycles. The topological polar surface area (TPSA) is 55.1 Å². The molecule has 0 spiro atoms. The number of carboxylic acids is 1. The highest BCUT2D eigenvalue weighted by Crippen LogP contribution is 2.23. The number of carbonyl (C=O) groups is 1. The second-order valence-corrected chi connectivity index (χ2v) is 4.31. The zero-order valence-corrected chi connectivity index (χ0v) is 10.3. The minimum atomic E-state index is -0.879. The van der Waals surface area contributed by atoms with Crippen molar-refractivity contribution in [3.8, 4) is 0 Å². The fraction of sp³-hybridized carbons (Fsp3) is 0.385. The van der Waals surface area contributed by atoms with Crippen LogP contribution in [0, 0.1) is 6.92 Å². The smallest absolute Gasteiger partial charge is 0.335 e. The monoisotopic (exact) mass is 232 g/mol. The first-order valence-corrected chi connectivity index (χ1v) is 5.74. The van der Waals surface area contributed by atoms with Crippen molar-refractivity contribution in [2.75, 3.05) is 0 Å². The number of aromatic carboxylic acids is 1. The van der Waals surface area contributed by atoms with Crippen molar-refractivity contribution in [2.24, 2.45) is 7.05 Å². The van der Waals surface area contributed by atoms with Crippen molar-refractivity contribution in [3.63, 3.8) is 0 Å². The number of hydrogen-bond donors (Lipinski definition) is 1. The number of benzene rings is 1. The second-order valence-electron chi connectivity index (χ2n) is 4.31. The van der Waals surface area contributed by atoms with Crippen molar-refractivity contribution in [3.05, 3.63) is 29.0 Å². The predicted octanol–water partition coefficient (Wildman–Crippen LogP) is 2.53. The number of aromatic nitrogens is 2. The fourth-order valence-electron chi connectivity index (χ4n) is 2.13. The van der Waals surface area contributed by atoms with Crippen LogP contribution < -0.4 is 0 Å². The Labute approximate surface area is 99.9 Å². The van der Waals surface area contributed by atoms with Crippen LogP contribution >= 0.6 is 0 Å². The lowest BCUT2D eigenvalue weighted by atomic mass is 10.0. The maximum absolute atomic E-state index is 11.1. The molecule has 0 radical (unpaired) electrons. The third kappa shape index (κ3) is 1.90. The van der Waals surface area contributed by atoms with Gasteiger partial charge in [0, 0.05) is 12.4 Å². The molecule has 17 heavy (non-hydrogen) atoms. The maximum Gasteiger partial charge on any atom is 0.335 e. The Morgan fingerprint density at radius 2 is 2.18 bits per heavy atom. The Hall–Kier alpha value is -1.84. The van der Waals surface area contributed by atoms with Gasteiger partial charge in [0.05, 0.1) is 16.8 Å². The summed E-state index contributed by atoms with van der Waals surface area (Å²) in [5, 5.41) is 14.5. The van der Waals surface area contributed by atoms with E-state index in [2.05, 4.69) is 12.0 Å². The first kappa shape index (κ1) is 11.6. The molecule has 0 amide bonds. The summed E-state index contributed by atoms with van der Waals surface area (Å²) < 4.78 is 1.82. The summed E-state index contributed by atoms with van der Waals surface area (Å²) in [6.45, 7) is 3.90. The van der Waals surface area contributed by atoms with Crippen molar-refractivity contribution >= 4 is 16.9 Å². The highest BCUT2D eigenvalue weighted by molar-refractivity contribution is 5.96. The van der Waals surface area contributed by atoms with Crippen LogP contribution in [0.1, 0.15) is 35.0 Å². The standard InChI is InChI=1S/C13H16N2O2/c1-4-5-11-10-7-9(13(16)17)8(2)6-12(10)15(3)14-11/h6-7H,4-5H2,1-3H3,(H,16,17). The Kier molecular flexibility index (Phi) is 2.88. The van der Waals surface area contributed by atoms with Gasteiger partial charge in [-0.25, -0.2) is 4.79 Å². The van der Waals surface area contributed by atoms with Gasteiger partial charge >= 0.3 is 5.97 Å². The highest BCUT2D eigenvalue weighted by atomic mass is 16.4. The largest absolute Gasteiger partial charge is 0.478 e. The first-order chi connectivity index (χ1) is 8.04. The lowest BCUT2D eigenvalue weighted by Crippen LogP contribution is -2.00. The van der Waals surface area contributed by atoms with E-state index in [1.807, 2.05) is 24.7 Å². The first-order valence-electron chi connectivity index (χ1n) is 5.74. The van der Waals surface area contributed by atoms with Crippen LogP contribution in [0.2, 0.25) is 0 Å². The van der Waals surface area contributed by atoms with Crippen molar-refractivity contribution < 1.29 is 9.90 Å². The van der Waals surface area contributed by atoms with E-state index in [9.17, 15) is 4.79 Å². The number of aryl methyl sites for hydroxylation is 3. The van der Waals surface area contributed by atoms with Crippen molar-refractivity contribution in [1.29, 1.82) is 0 Å². The maximum atomic E-state index is 11.1. The van der Waals surface area contributed by atoms with Gasteiger partial charge in [0.2, 0.25) is 0 Å². The van der Waals surface area contributed by atoms with E-state index >= 15 is 0 Å². The second kappa shape index (κ2) is 4.20. The molecular formula is C13H16N2O2. The predicted molar refractivity (Wildman–Crippen MR) is 66.4 cm³/mol. The molecule has 2 aromatic rings. The lowest BCUT2D eigenvalue weighted by molar-refractivity contribution is 0.0696. The molecule has 1 heterocycles. The van der Waals surface area contributed by atoms with Crippen LogP contribution in [-0.4, -0.2) is 20.9 Å². The quantitative estimate of drug-likeness (QED) is 0.884. The SMILES string of the molecule is CCCc1nn(C)c2cc(C)c(C(=O)O)cc12. The van der Waals surface area contributed by atoms with E-state index in [1.54, 1.807) is 6.07 Å². The average molecular weight is 232 g/mol. The van der Waals surface area contributed by atoms with E-state index < -0.39 is 5.97 Å². The summed E-state index contributed by atoms with van der Waals surface area (Å²) in [6.07, 6.45) is 1.88. The van der Waals surface area contributed by atoms with Gasteiger partial charge in [-0.05, 0) is 31.0 Å². The Bertz CT molecular complexity index is 585. The van der Waals surface area contributed by atoms with Crippen LogP contribution in [0.25, 0.3) is 10.9 Å². The molecule has 90 valence electrons. The molecule has 0 saturated carbocycles. The molecule has 4 nitrogen and oxygen atoms in total. The summed E-state index contributed by atoms with van der Waals surface area (Å²) in [6, 6.07) is 3.63. The number of rotatable bonds is 3. The molecule has 0 atom stereocenters. The summed E-state index contributed by atoms with van der Waals surface area (Å²) >= 11 is 0. The molecule has 1 aromatic carbocycles.